The van der Waals surface area contributed by atoms with E-state index in [9.17, 15) is 0 Å². The van der Waals surface area contributed by atoms with Gasteiger partial charge in [0.25, 0.3) is 0 Å². The summed E-state index contributed by atoms with van der Waals surface area (Å²) in [5.74, 6) is 1.75. The van der Waals surface area contributed by atoms with Crippen LogP contribution in [0.4, 0.5) is 0 Å². The molecule has 0 unspecified atom stereocenters. The number of rotatable bonds is 4. The Balaban J connectivity index is 1.47. The van der Waals surface area contributed by atoms with Crippen LogP contribution >= 0.6 is 0 Å². The molecule has 0 spiro atoms. The van der Waals surface area contributed by atoms with Crippen LogP contribution in [0.15, 0.2) is 42.7 Å². The molecule has 0 saturated carbocycles. The van der Waals surface area contributed by atoms with Gasteiger partial charge in [-0.05, 0) is 12.6 Å². The lowest BCUT2D eigenvalue weighted by molar-refractivity contribution is 0.0506. The number of likely N-dealkylation sites (N-methyl/N-ethyl adjacent to an activating group) is 1. The molecule has 5 nitrogen and oxygen atoms in total. The van der Waals surface area contributed by atoms with Gasteiger partial charge in [-0.15, -0.1) is 0 Å². The SMILES string of the molecule is CN1C[C@H]2COC[C@@H]1CN(Cc1nccn1Cc1ccccc1)C2. The number of imidazole rings is 1. The first-order valence-corrected chi connectivity index (χ1v) is 8.82. The van der Waals surface area contributed by atoms with Gasteiger partial charge in [0, 0.05) is 50.5 Å². The van der Waals surface area contributed by atoms with Gasteiger partial charge in [-0.1, -0.05) is 30.3 Å². The summed E-state index contributed by atoms with van der Waals surface area (Å²) in [6.07, 6.45) is 4.02. The van der Waals surface area contributed by atoms with E-state index in [1.807, 2.05) is 6.20 Å². The number of fused-ring (bicyclic) bond motifs is 3. The highest BCUT2D eigenvalue weighted by atomic mass is 16.5. The predicted molar refractivity (Wildman–Crippen MR) is 93.8 cm³/mol. The largest absolute Gasteiger partial charge is 0.379 e. The van der Waals surface area contributed by atoms with Crippen molar-refractivity contribution in [2.75, 3.05) is 39.9 Å². The molecular formula is C19H26N4O. The summed E-state index contributed by atoms with van der Waals surface area (Å²) in [5, 5.41) is 0. The first-order chi connectivity index (χ1) is 11.8. The lowest BCUT2D eigenvalue weighted by Gasteiger charge is -2.29. The van der Waals surface area contributed by atoms with E-state index in [1.54, 1.807) is 0 Å². The van der Waals surface area contributed by atoms with E-state index in [0.717, 1.165) is 51.8 Å². The molecule has 24 heavy (non-hydrogen) atoms. The predicted octanol–water partition coefficient (Wildman–Crippen LogP) is 1.69. The summed E-state index contributed by atoms with van der Waals surface area (Å²) in [5.41, 5.74) is 1.32. The van der Waals surface area contributed by atoms with Crippen molar-refractivity contribution >= 4 is 0 Å². The van der Waals surface area contributed by atoms with Crippen molar-refractivity contribution in [3.63, 3.8) is 0 Å². The summed E-state index contributed by atoms with van der Waals surface area (Å²) in [7, 11) is 2.23. The number of aromatic nitrogens is 2. The number of hydrogen-bond acceptors (Lipinski definition) is 4. The van der Waals surface area contributed by atoms with E-state index < -0.39 is 0 Å². The molecule has 2 aliphatic rings. The van der Waals surface area contributed by atoms with Crippen LogP contribution in [0.25, 0.3) is 0 Å². The molecule has 2 aliphatic heterocycles. The Labute approximate surface area is 143 Å². The first-order valence-electron chi connectivity index (χ1n) is 8.82. The van der Waals surface area contributed by atoms with Crippen LogP contribution in [0.3, 0.4) is 0 Å². The second kappa shape index (κ2) is 7.05. The molecule has 0 N–H and O–H groups in total. The van der Waals surface area contributed by atoms with Gasteiger partial charge in [0.1, 0.15) is 5.82 Å². The molecule has 1 aromatic carbocycles. The fraction of sp³-hybridized carbons (Fsp3) is 0.526. The van der Waals surface area contributed by atoms with Crippen LogP contribution in [-0.2, 0) is 17.8 Å². The average Bonchev–Trinajstić information content (AvgIpc) is 2.83. The molecule has 0 amide bonds. The van der Waals surface area contributed by atoms with Crippen LogP contribution in [0, 0.1) is 5.92 Å². The Morgan fingerprint density at radius 2 is 1.96 bits per heavy atom. The molecule has 1 aromatic heterocycles. The summed E-state index contributed by atoms with van der Waals surface area (Å²) < 4.78 is 8.10. The quantitative estimate of drug-likeness (QED) is 0.856. The van der Waals surface area contributed by atoms with Gasteiger partial charge in [0.2, 0.25) is 0 Å². The molecular weight excluding hydrogens is 300 g/mol. The average molecular weight is 326 g/mol. The molecule has 3 heterocycles. The van der Waals surface area contributed by atoms with Crippen molar-refractivity contribution in [3.8, 4) is 0 Å². The minimum absolute atomic E-state index is 0.495. The third kappa shape index (κ3) is 3.53. The molecule has 5 heteroatoms. The maximum atomic E-state index is 5.83. The molecule has 2 atom stereocenters. The van der Waals surface area contributed by atoms with Gasteiger partial charge >= 0.3 is 0 Å². The molecule has 2 saturated heterocycles. The first kappa shape index (κ1) is 15.8. The van der Waals surface area contributed by atoms with E-state index >= 15 is 0 Å². The highest BCUT2D eigenvalue weighted by Gasteiger charge is 2.31. The van der Waals surface area contributed by atoms with Crippen molar-refractivity contribution < 1.29 is 4.74 Å². The standard InChI is InChI=1S/C19H26N4O/c1-21-9-17-10-22(12-18(21)15-24-14-17)13-19-20-7-8-23(19)11-16-5-3-2-4-6-16/h2-8,17-18H,9-15H2,1H3/t17-,18+/m1/s1. The van der Waals surface area contributed by atoms with Crippen LogP contribution in [-0.4, -0.2) is 65.3 Å². The highest BCUT2D eigenvalue weighted by Crippen LogP contribution is 2.20. The summed E-state index contributed by atoms with van der Waals surface area (Å²) in [6, 6.07) is 11.1. The Bertz CT molecular complexity index is 656. The number of benzene rings is 1. The van der Waals surface area contributed by atoms with Crippen molar-refractivity contribution in [2.24, 2.45) is 5.92 Å². The Kier molecular flexibility index (Phi) is 4.65. The topological polar surface area (TPSA) is 33.5 Å². The third-order valence-electron chi connectivity index (χ3n) is 5.18. The monoisotopic (exact) mass is 326 g/mol. The Hall–Kier alpha value is -1.69. The zero-order valence-corrected chi connectivity index (χ0v) is 14.3. The maximum absolute atomic E-state index is 5.83. The van der Waals surface area contributed by atoms with Gasteiger partial charge < -0.3 is 9.30 Å². The van der Waals surface area contributed by atoms with E-state index in [1.165, 1.54) is 5.56 Å². The number of nitrogens with zero attached hydrogens (tertiary/aromatic N) is 4. The van der Waals surface area contributed by atoms with E-state index in [-0.39, 0.29) is 0 Å². The van der Waals surface area contributed by atoms with Gasteiger partial charge in [0.15, 0.2) is 0 Å². The lowest BCUT2D eigenvalue weighted by Crippen LogP contribution is -2.42. The lowest BCUT2D eigenvalue weighted by atomic mass is 10.1. The second-order valence-electron chi connectivity index (χ2n) is 7.15. The zero-order valence-electron chi connectivity index (χ0n) is 14.3. The summed E-state index contributed by atoms with van der Waals surface area (Å²) >= 11 is 0. The number of hydrogen-bond donors (Lipinski definition) is 0. The van der Waals surface area contributed by atoms with Crippen molar-refractivity contribution in [2.45, 2.75) is 19.1 Å². The molecule has 0 aliphatic carbocycles. The molecule has 2 fully saturated rings. The van der Waals surface area contributed by atoms with Gasteiger partial charge in [-0.25, -0.2) is 4.98 Å². The van der Waals surface area contributed by atoms with E-state index in [4.69, 9.17) is 4.74 Å². The molecule has 2 bridgehead atoms. The van der Waals surface area contributed by atoms with Gasteiger partial charge in [-0.3, -0.25) is 9.80 Å². The third-order valence-corrected chi connectivity index (χ3v) is 5.18. The van der Waals surface area contributed by atoms with Crippen LogP contribution in [0.2, 0.25) is 0 Å². The minimum Gasteiger partial charge on any atom is -0.379 e. The fourth-order valence-electron chi connectivity index (χ4n) is 3.89. The second-order valence-corrected chi connectivity index (χ2v) is 7.15. The van der Waals surface area contributed by atoms with E-state index in [2.05, 4.69) is 62.9 Å². The van der Waals surface area contributed by atoms with Crippen LogP contribution < -0.4 is 0 Å². The van der Waals surface area contributed by atoms with E-state index in [0.29, 0.717) is 12.0 Å². The molecule has 0 radical (unpaired) electrons. The number of ether oxygens (including phenoxy) is 1. The molecule has 4 rings (SSSR count). The fourth-order valence-corrected chi connectivity index (χ4v) is 3.89. The highest BCUT2D eigenvalue weighted by molar-refractivity contribution is 5.15. The van der Waals surface area contributed by atoms with Crippen molar-refractivity contribution in [1.82, 2.24) is 19.4 Å². The zero-order chi connectivity index (χ0) is 16.4. The maximum Gasteiger partial charge on any atom is 0.123 e. The molecule has 128 valence electrons. The van der Waals surface area contributed by atoms with Gasteiger partial charge in [-0.2, -0.15) is 0 Å². The smallest absolute Gasteiger partial charge is 0.123 e. The van der Waals surface area contributed by atoms with Crippen molar-refractivity contribution in [1.29, 1.82) is 0 Å². The Morgan fingerprint density at radius 3 is 2.83 bits per heavy atom. The summed E-state index contributed by atoms with van der Waals surface area (Å²) in [6.45, 7) is 6.84. The van der Waals surface area contributed by atoms with Crippen LogP contribution in [0.5, 0.6) is 0 Å². The molecule has 2 aromatic rings. The minimum atomic E-state index is 0.495. The summed E-state index contributed by atoms with van der Waals surface area (Å²) in [4.78, 5) is 9.65. The van der Waals surface area contributed by atoms with Gasteiger partial charge in [0.05, 0.1) is 19.8 Å². The van der Waals surface area contributed by atoms with Crippen molar-refractivity contribution in [3.05, 3.63) is 54.1 Å². The normalized spacial score (nSPS) is 25.5. The van der Waals surface area contributed by atoms with Crippen LogP contribution in [0.1, 0.15) is 11.4 Å². The Morgan fingerprint density at radius 1 is 1.08 bits per heavy atom.